The summed E-state index contributed by atoms with van der Waals surface area (Å²) >= 11 is 6.17. The number of fused-ring (bicyclic) bond motifs is 1. The number of halogens is 2. The van der Waals surface area contributed by atoms with E-state index >= 15 is 4.39 Å². The number of carboxylic acid groups (broad SMARTS) is 1. The topological polar surface area (TPSA) is 118 Å². The summed E-state index contributed by atoms with van der Waals surface area (Å²) < 4.78 is 22.6. The van der Waals surface area contributed by atoms with Crippen LogP contribution in [0.15, 0.2) is 35.5 Å². The highest BCUT2D eigenvalue weighted by Crippen LogP contribution is 2.43. The standard InChI is InChI=1S/C24H16ClFN4O4/c1-30-23(20-15(8-27)19(34-12-3-4-12)7-17(25)21(20)26)16(9-29-30)11-2-5-13-14(6-11)22(24(32)33)28-10-18(13)31/h2,5-7,9,12H,3-4,10H2,1H3,(H,32,33). The maximum Gasteiger partial charge on any atom is 0.354 e. The van der Waals surface area contributed by atoms with Crippen molar-refractivity contribution in [1.82, 2.24) is 9.78 Å². The fraction of sp³-hybridized carbons (Fsp3) is 0.208. The number of rotatable bonds is 5. The molecule has 0 radical (unpaired) electrons. The number of ketones is 1. The molecule has 0 bridgehead atoms. The van der Waals surface area contributed by atoms with E-state index in [0.29, 0.717) is 11.1 Å². The lowest BCUT2D eigenvalue weighted by Gasteiger charge is -2.17. The normalized spacial score (nSPS) is 14.9. The monoisotopic (exact) mass is 478 g/mol. The van der Waals surface area contributed by atoms with Gasteiger partial charge >= 0.3 is 5.97 Å². The number of ether oxygens (including phenoxy) is 1. The molecule has 8 nitrogen and oxygen atoms in total. The summed E-state index contributed by atoms with van der Waals surface area (Å²) in [6.07, 6.45) is 3.11. The number of nitrogens with zero attached hydrogens (tertiary/aromatic N) is 4. The van der Waals surface area contributed by atoms with Crippen molar-refractivity contribution in [3.8, 4) is 34.2 Å². The number of aliphatic imine (C=N–C) groups is 1. The number of carbonyl (C=O) groups is 2. The number of carboxylic acids is 1. The van der Waals surface area contributed by atoms with Gasteiger partial charge in [0, 0.05) is 29.8 Å². The van der Waals surface area contributed by atoms with Crippen molar-refractivity contribution >= 4 is 29.1 Å². The summed E-state index contributed by atoms with van der Waals surface area (Å²) in [5.74, 6) is -2.17. The van der Waals surface area contributed by atoms with Crippen LogP contribution in [0.3, 0.4) is 0 Å². The summed E-state index contributed by atoms with van der Waals surface area (Å²) in [5, 5.41) is 23.5. The zero-order valence-electron chi connectivity index (χ0n) is 17.8. The third-order valence-electron chi connectivity index (χ3n) is 5.76. The van der Waals surface area contributed by atoms with Crippen molar-refractivity contribution in [3.63, 3.8) is 0 Å². The lowest BCUT2D eigenvalue weighted by molar-refractivity contribution is -0.129. The SMILES string of the molecule is Cn1ncc(-c2ccc3c(c2)C(C(=O)O)=NCC3=O)c1-c1c(F)c(Cl)cc(OC2CC2)c1C#N. The Kier molecular flexibility index (Phi) is 5.18. The van der Waals surface area contributed by atoms with Gasteiger partial charge in [-0.1, -0.05) is 23.7 Å². The van der Waals surface area contributed by atoms with Crippen LogP contribution in [-0.2, 0) is 11.8 Å². The van der Waals surface area contributed by atoms with Crippen LogP contribution < -0.4 is 4.74 Å². The van der Waals surface area contributed by atoms with Crippen molar-refractivity contribution in [2.75, 3.05) is 6.54 Å². The van der Waals surface area contributed by atoms with Gasteiger partial charge in [-0.3, -0.25) is 14.5 Å². The lowest BCUT2D eigenvalue weighted by atomic mass is 9.91. The number of aromatic nitrogens is 2. The summed E-state index contributed by atoms with van der Waals surface area (Å²) in [5.41, 5.74) is 1.25. The summed E-state index contributed by atoms with van der Waals surface area (Å²) in [6, 6.07) is 7.98. The first-order chi connectivity index (χ1) is 16.3. The molecule has 1 saturated carbocycles. The van der Waals surface area contributed by atoms with Crippen LogP contribution in [-0.4, -0.2) is 45.0 Å². The van der Waals surface area contributed by atoms with E-state index in [9.17, 15) is 20.0 Å². The zero-order valence-corrected chi connectivity index (χ0v) is 18.6. The van der Waals surface area contributed by atoms with Crippen molar-refractivity contribution < 1.29 is 23.8 Å². The van der Waals surface area contributed by atoms with Crippen molar-refractivity contribution in [2.24, 2.45) is 12.0 Å². The fourth-order valence-electron chi connectivity index (χ4n) is 3.99. The second-order valence-corrected chi connectivity index (χ2v) is 8.44. The van der Waals surface area contributed by atoms with E-state index in [4.69, 9.17) is 16.3 Å². The molecule has 1 aliphatic carbocycles. The summed E-state index contributed by atoms with van der Waals surface area (Å²) in [6.45, 7) is -0.241. The highest BCUT2D eigenvalue weighted by Gasteiger charge is 2.31. The minimum atomic E-state index is -1.26. The highest BCUT2D eigenvalue weighted by molar-refractivity contribution is 6.45. The number of nitriles is 1. The lowest BCUT2D eigenvalue weighted by Crippen LogP contribution is -2.25. The van der Waals surface area contributed by atoms with Crippen LogP contribution in [0.5, 0.6) is 5.75 Å². The van der Waals surface area contributed by atoms with Crippen LogP contribution in [0, 0.1) is 17.1 Å². The first-order valence-electron chi connectivity index (χ1n) is 10.4. The van der Waals surface area contributed by atoms with Gasteiger partial charge in [0.25, 0.3) is 0 Å². The van der Waals surface area contributed by atoms with E-state index in [1.807, 2.05) is 6.07 Å². The van der Waals surface area contributed by atoms with Crippen LogP contribution >= 0.6 is 11.6 Å². The number of carbonyl (C=O) groups excluding carboxylic acids is 1. The van der Waals surface area contributed by atoms with Gasteiger partial charge in [0.15, 0.2) is 17.3 Å². The molecule has 1 aromatic heterocycles. The van der Waals surface area contributed by atoms with Crippen LogP contribution in [0.25, 0.3) is 22.4 Å². The Morgan fingerprint density at radius 1 is 1.29 bits per heavy atom. The second-order valence-electron chi connectivity index (χ2n) is 8.03. The number of aliphatic carboxylic acids is 1. The van der Waals surface area contributed by atoms with E-state index in [1.165, 1.54) is 29.1 Å². The third kappa shape index (κ3) is 3.53. The molecule has 3 aromatic rings. The number of benzene rings is 2. The van der Waals surface area contributed by atoms with Crippen LogP contribution in [0.1, 0.15) is 34.3 Å². The molecule has 2 aromatic carbocycles. The van der Waals surface area contributed by atoms with Crippen molar-refractivity contribution in [2.45, 2.75) is 18.9 Å². The van der Waals surface area contributed by atoms with Crippen LogP contribution in [0.4, 0.5) is 4.39 Å². The Morgan fingerprint density at radius 2 is 2.06 bits per heavy atom. The van der Waals surface area contributed by atoms with E-state index in [-0.39, 0.29) is 62.9 Å². The Hall–Kier alpha value is -4.03. The molecular formula is C24H16ClFN4O4. The van der Waals surface area contributed by atoms with Crippen LogP contribution in [0.2, 0.25) is 5.02 Å². The molecule has 2 heterocycles. The Balaban J connectivity index is 1.73. The van der Waals surface area contributed by atoms with Gasteiger partial charge in [0.05, 0.1) is 28.6 Å². The molecule has 1 N–H and O–H groups in total. The number of aryl methyl sites for hydroxylation is 1. The van der Waals surface area contributed by atoms with E-state index in [0.717, 1.165) is 12.8 Å². The molecule has 0 unspecified atom stereocenters. The molecule has 10 heteroatoms. The molecule has 0 atom stereocenters. The maximum absolute atomic E-state index is 15.4. The highest BCUT2D eigenvalue weighted by atomic mass is 35.5. The van der Waals surface area contributed by atoms with Gasteiger partial charge in [-0.05, 0) is 24.5 Å². The number of Topliss-reactive ketones (excluding diaryl/α,β-unsaturated/α-hetero) is 1. The second kappa shape index (κ2) is 8.08. The van der Waals surface area contributed by atoms with E-state index in [2.05, 4.69) is 10.1 Å². The molecule has 34 heavy (non-hydrogen) atoms. The smallest absolute Gasteiger partial charge is 0.354 e. The Labute approximate surface area is 197 Å². The van der Waals surface area contributed by atoms with Gasteiger partial charge in [0.2, 0.25) is 0 Å². The van der Waals surface area contributed by atoms with Gasteiger partial charge in [-0.15, -0.1) is 0 Å². The molecule has 1 fully saturated rings. The van der Waals surface area contributed by atoms with Gasteiger partial charge in [-0.2, -0.15) is 10.4 Å². The minimum Gasteiger partial charge on any atom is -0.489 e. The molecule has 0 amide bonds. The fourth-order valence-corrected chi connectivity index (χ4v) is 4.19. The average molecular weight is 479 g/mol. The van der Waals surface area contributed by atoms with Crippen molar-refractivity contribution in [3.05, 3.63) is 58.0 Å². The molecule has 1 aliphatic heterocycles. The summed E-state index contributed by atoms with van der Waals surface area (Å²) in [4.78, 5) is 27.8. The molecule has 5 rings (SSSR count). The number of hydrogen-bond acceptors (Lipinski definition) is 6. The van der Waals surface area contributed by atoms with Gasteiger partial charge in [-0.25, -0.2) is 9.18 Å². The third-order valence-corrected chi connectivity index (χ3v) is 6.03. The van der Waals surface area contributed by atoms with E-state index < -0.39 is 11.8 Å². The van der Waals surface area contributed by atoms with Gasteiger partial charge in [0.1, 0.15) is 23.9 Å². The predicted octanol–water partition coefficient (Wildman–Crippen LogP) is 4.03. The Bertz CT molecular complexity index is 1470. The first-order valence-corrected chi connectivity index (χ1v) is 10.7. The molecule has 0 saturated heterocycles. The molecule has 2 aliphatic rings. The van der Waals surface area contributed by atoms with E-state index in [1.54, 1.807) is 13.1 Å². The average Bonchev–Trinajstić information content (AvgIpc) is 3.55. The minimum absolute atomic E-state index is 0.0143. The largest absolute Gasteiger partial charge is 0.489 e. The van der Waals surface area contributed by atoms with Gasteiger partial charge < -0.3 is 9.84 Å². The molecular weight excluding hydrogens is 463 g/mol. The van der Waals surface area contributed by atoms with Crippen molar-refractivity contribution in [1.29, 1.82) is 5.26 Å². The molecule has 170 valence electrons. The summed E-state index contributed by atoms with van der Waals surface area (Å²) in [7, 11) is 1.59. The molecule has 0 spiro atoms. The quantitative estimate of drug-likeness (QED) is 0.591. The first kappa shape index (κ1) is 21.8. The zero-order chi connectivity index (χ0) is 24.1. The Morgan fingerprint density at radius 3 is 2.74 bits per heavy atom. The number of hydrogen-bond donors (Lipinski definition) is 1. The maximum atomic E-state index is 15.4. The predicted molar refractivity (Wildman–Crippen MR) is 121 cm³/mol.